The Hall–Kier alpha value is -2.19. The van der Waals surface area contributed by atoms with Gasteiger partial charge in [0.15, 0.2) is 0 Å². The fourth-order valence-electron chi connectivity index (χ4n) is 3.74. The van der Waals surface area contributed by atoms with E-state index in [2.05, 4.69) is 15.5 Å². The molecule has 0 radical (unpaired) electrons. The van der Waals surface area contributed by atoms with Crippen molar-refractivity contribution in [3.8, 4) is 0 Å². The summed E-state index contributed by atoms with van der Waals surface area (Å²) >= 11 is 0. The molecule has 1 aliphatic heterocycles. The third-order valence-electron chi connectivity index (χ3n) is 5.17. The highest BCUT2D eigenvalue weighted by atomic mass is 35.5. The molecular formula is C20H30ClN5O3. The minimum atomic E-state index is -0.0799. The van der Waals surface area contributed by atoms with Gasteiger partial charge in [-0.25, -0.2) is 4.98 Å². The molecule has 2 amide bonds. The summed E-state index contributed by atoms with van der Waals surface area (Å²) in [6.07, 6.45) is 3.15. The van der Waals surface area contributed by atoms with E-state index < -0.39 is 0 Å². The fraction of sp³-hybridized carbons (Fsp3) is 0.600. The van der Waals surface area contributed by atoms with Gasteiger partial charge in [0.2, 0.25) is 5.91 Å². The smallest absolute Gasteiger partial charge is 0.259 e. The molecule has 160 valence electrons. The minimum Gasteiger partial charge on any atom is -0.354 e. The molecule has 3 heterocycles. The topological polar surface area (TPSA) is 114 Å². The molecule has 3 N–H and O–H groups in total. The van der Waals surface area contributed by atoms with Crippen molar-refractivity contribution in [3.63, 3.8) is 0 Å². The Morgan fingerprint density at radius 1 is 1.38 bits per heavy atom. The average Bonchev–Trinajstić information content (AvgIpc) is 3.09. The zero-order valence-corrected chi connectivity index (χ0v) is 18.1. The van der Waals surface area contributed by atoms with Crippen LogP contribution in [0, 0.1) is 6.92 Å². The third-order valence-corrected chi connectivity index (χ3v) is 5.17. The first-order chi connectivity index (χ1) is 13.4. The Balaban J connectivity index is 0.00000300. The van der Waals surface area contributed by atoms with Crippen molar-refractivity contribution in [2.24, 2.45) is 5.73 Å². The van der Waals surface area contributed by atoms with Crippen molar-refractivity contribution >= 4 is 35.3 Å². The minimum absolute atomic E-state index is 0. The van der Waals surface area contributed by atoms with E-state index in [0.29, 0.717) is 48.4 Å². The van der Waals surface area contributed by atoms with Gasteiger partial charge in [0.05, 0.1) is 16.6 Å². The van der Waals surface area contributed by atoms with E-state index in [1.165, 1.54) is 0 Å². The normalized spacial score (nSPS) is 16.7. The highest BCUT2D eigenvalue weighted by molar-refractivity contribution is 6.06. The van der Waals surface area contributed by atoms with Crippen LogP contribution >= 0.6 is 12.4 Å². The number of likely N-dealkylation sites (tertiary alicyclic amines) is 1. The number of rotatable bonds is 6. The number of hydrogen-bond donors (Lipinski definition) is 2. The maximum Gasteiger partial charge on any atom is 0.259 e. The largest absolute Gasteiger partial charge is 0.354 e. The molecule has 1 unspecified atom stereocenters. The number of fused-ring (bicyclic) bond motifs is 1. The zero-order valence-electron chi connectivity index (χ0n) is 17.2. The number of halogens is 1. The highest BCUT2D eigenvalue weighted by Crippen LogP contribution is 2.30. The van der Waals surface area contributed by atoms with Crippen LogP contribution in [0.3, 0.4) is 0 Å². The van der Waals surface area contributed by atoms with Crippen LogP contribution < -0.4 is 11.1 Å². The Labute approximate surface area is 177 Å². The van der Waals surface area contributed by atoms with Crippen LogP contribution in [0.2, 0.25) is 0 Å². The van der Waals surface area contributed by atoms with E-state index in [-0.39, 0.29) is 36.2 Å². The molecule has 2 aromatic rings. The number of nitrogens with zero attached hydrogens (tertiary/aromatic N) is 3. The standard InChI is InChI=1S/C20H29N5O3.ClH/c1-12(2)18-17-15(10-13(3)23-19(17)28-24-18)20(27)25-9-5-4-6-14(25)11-22-16(26)7-8-21;/h10,12,14H,4-9,11,21H2,1-3H3,(H,22,26);1H. The van der Waals surface area contributed by atoms with Crippen LogP contribution in [0.5, 0.6) is 0 Å². The summed E-state index contributed by atoms with van der Waals surface area (Å²) in [4.78, 5) is 31.6. The lowest BCUT2D eigenvalue weighted by Crippen LogP contribution is -2.49. The van der Waals surface area contributed by atoms with Gasteiger partial charge >= 0.3 is 0 Å². The Kier molecular flexibility index (Phi) is 7.98. The molecule has 2 aromatic heterocycles. The maximum absolute atomic E-state index is 13.5. The number of aryl methyl sites for hydroxylation is 1. The number of carbonyl (C=O) groups is 2. The van der Waals surface area contributed by atoms with Crippen molar-refractivity contribution in [3.05, 3.63) is 23.0 Å². The molecule has 1 fully saturated rings. The van der Waals surface area contributed by atoms with Gasteiger partial charge in [-0.05, 0) is 38.2 Å². The molecular weight excluding hydrogens is 394 g/mol. The summed E-state index contributed by atoms with van der Waals surface area (Å²) in [7, 11) is 0. The quantitative estimate of drug-likeness (QED) is 0.737. The molecule has 1 aliphatic rings. The zero-order chi connectivity index (χ0) is 20.3. The second-order valence-corrected chi connectivity index (χ2v) is 7.70. The van der Waals surface area contributed by atoms with Gasteiger partial charge in [0.1, 0.15) is 0 Å². The lowest BCUT2D eigenvalue weighted by molar-refractivity contribution is -0.121. The third kappa shape index (κ3) is 5.05. The van der Waals surface area contributed by atoms with Gasteiger partial charge in [-0.1, -0.05) is 19.0 Å². The molecule has 0 aromatic carbocycles. The lowest BCUT2D eigenvalue weighted by Gasteiger charge is -2.36. The summed E-state index contributed by atoms with van der Waals surface area (Å²) < 4.78 is 5.40. The molecule has 29 heavy (non-hydrogen) atoms. The Bertz CT molecular complexity index is 867. The van der Waals surface area contributed by atoms with Crippen LogP contribution in [-0.2, 0) is 4.79 Å². The Morgan fingerprint density at radius 3 is 2.83 bits per heavy atom. The monoisotopic (exact) mass is 423 g/mol. The van der Waals surface area contributed by atoms with Gasteiger partial charge in [-0.2, -0.15) is 0 Å². The van der Waals surface area contributed by atoms with E-state index in [1.807, 2.05) is 31.7 Å². The number of amides is 2. The van der Waals surface area contributed by atoms with Gasteiger partial charge in [-0.3, -0.25) is 9.59 Å². The number of aromatic nitrogens is 2. The van der Waals surface area contributed by atoms with Crippen LogP contribution in [0.4, 0.5) is 0 Å². The Morgan fingerprint density at radius 2 is 2.14 bits per heavy atom. The molecule has 0 bridgehead atoms. The number of piperidine rings is 1. The summed E-state index contributed by atoms with van der Waals surface area (Å²) in [5, 5.41) is 7.75. The second-order valence-electron chi connectivity index (χ2n) is 7.70. The highest BCUT2D eigenvalue weighted by Gasteiger charge is 2.31. The fourth-order valence-corrected chi connectivity index (χ4v) is 3.74. The van der Waals surface area contributed by atoms with Gasteiger partial charge in [-0.15, -0.1) is 12.4 Å². The van der Waals surface area contributed by atoms with Crippen molar-refractivity contribution < 1.29 is 14.1 Å². The van der Waals surface area contributed by atoms with Crippen LogP contribution in [-0.4, -0.2) is 52.5 Å². The molecule has 3 rings (SSSR count). The van der Waals surface area contributed by atoms with E-state index in [0.717, 1.165) is 25.0 Å². The predicted molar refractivity (Wildman–Crippen MR) is 113 cm³/mol. The molecule has 0 saturated carbocycles. The number of hydrogen-bond acceptors (Lipinski definition) is 6. The lowest BCUT2D eigenvalue weighted by atomic mass is 9.98. The summed E-state index contributed by atoms with van der Waals surface area (Å²) in [6.45, 7) is 7.30. The maximum atomic E-state index is 13.5. The first-order valence-electron chi connectivity index (χ1n) is 9.97. The molecule has 0 spiro atoms. The van der Waals surface area contributed by atoms with Crippen LogP contribution in [0.1, 0.15) is 67.2 Å². The molecule has 1 atom stereocenters. The van der Waals surface area contributed by atoms with E-state index in [9.17, 15) is 9.59 Å². The summed E-state index contributed by atoms with van der Waals surface area (Å²) in [6, 6.07) is 1.78. The van der Waals surface area contributed by atoms with Crippen LogP contribution in [0.25, 0.3) is 11.1 Å². The molecule has 9 heteroatoms. The summed E-state index contributed by atoms with van der Waals surface area (Å²) in [5.74, 6) is -0.0212. The second kappa shape index (κ2) is 10.0. The number of nitrogens with one attached hydrogen (secondary N) is 1. The molecule has 0 aliphatic carbocycles. The van der Waals surface area contributed by atoms with Crippen molar-refractivity contribution in [2.75, 3.05) is 19.6 Å². The predicted octanol–water partition coefficient (Wildman–Crippen LogP) is 2.54. The van der Waals surface area contributed by atoms with E-state index in [4.69, 9.17) is 10.3 Å². The molecule has 8 nitrogen and oxygen atoms in total. The van der Waals surface area contributed by atoms with Gasteiger partial charge in [0.25, 0.3) is 11.6 Å². The first-order valence-corrected chi connectivity index (χ1v) is 9.97. The molecule has 1 saturated heterocycles. The van der Waals surface area contributed by atoms with Crippen LogP contribution in [0.15, 0.2) is 10.6 Å². The van der Waals surface area contributed by atoms with Crippen molar-refractivity contribution in [2.45, 2.75) is 58.4 Å². The van der Waals surface area contributed by atoms with E-state index in [1.54, 1.807) is 0 Å². The SMILES string of the molecule is Cc1cc(C(=O)N2CCCCC2CNC(=O)CCN)c2c(C(C)C)noc2n1.Cl. The van der Waals surface area contributed by atoms with Gasteiger partial charge < -0.3 is 20.5 Å². The number of pyridine rings is 1. The number of nitrogens with two attached hydrogens (primary N) is 1. The van der Waals surface area contributed by atoms with Crippen molar-refractivity contribution in [1.29, 1.82) is 0 Å². The average molecular weight is 424 g/mol. The first kappa shape index (κ1) is 23.1. The van der Waals surface area contributed by atoms with Crippen molar-refractivity contribution in [1.82, 2.24) is 20.4 Å². The van der Waals surface area contributed by atoms with E-state index >= 15 is 0 Å². The summed E-state index contributed by atoms with van der Waals surface area (Å²) in [5.41, 5.74) is 7.88. The van der Waals surface area contributed by atoms with Gasteiger partial charge in [0, 0.05) is 37.8 Å². The number of carbonyl (C=O) groups excluding carboxylic acids is 2.